The molecule has 1 aromatic carbocycles. The van der Waals surface area contributed by atoms with Crippen LogP contribution in [-0.2, 0) is 5.60 Å². The van der Waals surface area contributed by atoms with Crippen molar-refractivity contribution in [3.05, 3.63) is 29.6 Å². The van der Waals surface area contributed by atoms with Crippen molar-refractivity contribution in [2.75, 3.05) is 7.11 Å². The first-order chi connectivity index (χ1) is 7.21. The largest absolute Gasteiger partial charge is 0.493 e. The van der Waals surface area contributed by atoms with Crippen molar-refractivity contribution in [1.82, 2.24) is 0 Å². The van der Waals surface area contributed by atoms with E-state index in [1.807, 2.05) is 0 Å². The van der Waals surface area contributed by atoms with E-state index in [1.54, 1.807) is 26.8 Å². The summed E-state index contributed by atoms with van der Waals surface area (Å²) in [6, 6.07) is 4.41. The van der Waals surface area contributed by atoms with Gasteiger partial charge in [0.15, 0.2) is 11.6 Å². The molecule has 3 nitrogen and oxygen atoms in total. The van der Waals surface area contributed by atoms with Crippen molar-refractivity contribution < 1.29 is 14.2 Å². The van der Waals surface area contributed by atoms with Gasteiger partial charge < -0.3 is 15.6 Å². The summed E-state index contributed by atoms with van der Waals surface area (Å²) in [6.07, 6.45) is 0. The van der Waals surface area contributed by atoms with Crippen LogP contribution in [0, 0.1) is 5.82 Å². The normalized spacial score (nSPS) is 15.7. The van der Waals surface area contributed by atoms with E-state index in [0.717, 1.165) is 0 Å². The van der Waals surface area contributed by atoms with Crippen molar-refractivity contribution in [2.45, 2.75) is 31.9 Å². The average molecular weight is 227 g/mol. The summed E-state index contributed by atoms with van der Waals surface area (Å²) in [5.74, 6) is -0.476. The van der Waals surface area contributed by atoms with Crippen molar-refractivity contribution in [1.29, 1.82) is 0 Å². The van der Waals surface area contributed by atoms with Gasteiger partial charge in [-0.2, -0.15) is 0 Å². The van der Waals surface area contributed by atoms with E-state index in [4.69, 9.17) is 10.5 Å². The zero-order chi connectivity index (χ0) is 12.6. The van der Waals surface area contributed by atoms with Gasteiger partial charge in [0.2, 0.25) is 0 Å². The van der Waals surface area contributed by atoms with Gasteiger partial charge in [0.05, 0.1) is 7.11 Å². The molecule has 0 aliphatic rings. The highest BCUT2D eigenvalue weighted by atomic mass is 19.1. The third-order valence-electron chi connectivity index (χ3n) is 2.95. The fourth-order valence-electron chi connectivity index (χ4n) is 1.45. The molecule has 0 saturated heterocycles. The van der Waals surface area contributed by atoms with Crippen LogP contribution in [0.15, 0.2) is 18.2 Å². The van der Waals surface area contributed by atoms with Crippen LogP contribution in [0.3, 0.4) is 0 Å². The van der Waals surface area contributed by atoms with Gasteiger partial charge in [0, 0.05) is 11.1 Å². The zero-order valence-corrected chi connectivity index (χ0v) is 10.0. The third-order valence-corrected chi connectivity index (χ3v) is 2.95. The molecule has 0 bridgehead atoms. The second-order valence-electron chi connectivity index (χ2n) is 4.61. The second kappa shape index (κ2) is 4.03. The molecule has 1 atom stereocenters. The third kappa shape index (κ3) is 2.03. The molecule has 16 heavy (non-hydrogen) atoms. The number of methoxy groups -OCH3 is 1. The van der Waals surface area contributed by atoms with E-state index in [1.165, 1.54) is 19.2 Å². The minimum atomic E-state index is -1.37. The molecule has 90 valence electrons. The van der Waals surface area contributed by atoms with Gasteiger partial charge in [-0.05, 0) is 26.8 Å². The van der Waals surface area contributed by atoms with E-state index >= 15 is 0 Å². The Balaban J connectivity index is 3.39. The number of halogens is 1. The number of aliphatic hydroxyl groups is 1. The lowest BCUT2D eigenvalue weighted by Gasteiger charge is -2.38. The molecule has 0 aliphatic heterocycles. The maximum absolute atomic E-state index is 13.5. The monoisotopic (exact) mass is 227 g/mol. The summed E-state index contributed by atoms with van der Waals surface area (Å²) in [5, 5.41) is 10.4. The highest BCUT2D eigenvalue weighted by molar-refractivity contribution is 5.40. The van der Waals surface area contributed by atoms with Gasteiger partial charge in [0.1, 0.15) is 5.60 Å². The van der Waals surface area contributed by atoms with Gasteiger partial charge in [-0.1, -0.05) is 12.1 Å². The number of benzene rings is 1. The summed E-state index contributed by atoms with van der Waals surface area (Å²) in [5.41, 5.74) is 3.96. The predicted octanol–water partition coefficient (Wildman–Crippen LogP) is 1.78. The van der Waals surface area contributed by atoms with Gasteiger partial charge in [-0.15, -0.1) is 0 Å². The van der Waals surface area contributed by atoms with Crippen molar-refractivity contribution in [3.63, 3.8) is 0 Å². The number of rotatable bonds is 3. The van der Waals surface area contributed by atoms with Crippen LogP contribution < -0.4 is 10.5 Å². The Hall–Kier alpha value is -1.13. The van der Waals surface area contributed by atoms with Gasteiger partial charge >= 0.3 is 0 Å². The van der Waals surface area contributed by atoms with Crippen LogP contribution in [0.1, 0.15) is 26.3 Å². The maximum Gasteiger partial charge on any atom is 0.165 e. The Morgan fingerprint density at radius 1 is 1.31 bits per heavy atom. The van der Waals surface area contributed by atoms with Crippen LogP contribution in [0.4, 0.5) is 4.39 Å². The molecule has 1 aromatic rings. The van der Waals surface area contributed by atoms with Crippen LogP contribution >= 0.6 is 0 Å². The average Bonchev–Trinajstić information content (AvgIpc) is 2.15. The maximum atomic E-state index is 13.5. The lowest BCUT2D eigenvalue weighted by molar-refractivity contribution is -0.0110. The molecule has 1 rings (SSSR count). The molecular weight excluding hydrogens is 209 g/mol. The molecule has 0 fully saturated rings. The van der Waals surface area contributed by atoms with E-state index in [-0.39, 0.29) is 5.75 Å². The van der Waals surface area contributed by atoms with Gasteiger partial charge in [-0.25, -0.2) is 4.39 Å². The number of hydrogen-bond acceptors (Lipinski definition) is 3. The fourth-order valence-corrected chi connectivity index (χ4v) is 1.45. The molecule has 0 aromatic heterocycles. The molecule has 0 saturated carbocycles. The van der Waals surface area contributed by atoms with Crippen LogP contribution in [0.2, 0.25) is 0 Å². The quantitative estimate of drug-likeness (QED) is 0.827. The first-order valence-corrected chi connectivity index (χ1v) is 5.06. The number of ether oxygens (including phenoxy) is 1. The molecule has 0 aliphatic carbocycles. The van der Waals surface area contributed by atoms with Crippen LogP contribution in [-0.4, -0.2) is 17.8 Å². The summed E-state index contributed by atoms with van der Waals surface area (Å²) in [6.45, 7) is 4.90. The highest BCUT2D eigenvalue weighted by Gasteiger charge is 2.40. The van der Waals surface area contributed by atoms with Gasteiger partial charge in [-0.3, -0.25) is 0 Å². The standard InChI is InChI=1S/C12H18FNO2/c1-11(2,14)12(3,15)8-6-5-7-9(13)10(8)16-4/h5-7,15H,14H2,1-4H3. The van der Waals surface area contributed by atoms with Crippen molar-refractivity contribution in [3.8, 4) is 5.75 Å². The summed E-state index contributed by atoms with van der Waals surface area (Å²) >= 11 is 0. The second-order valence-corrected chi connectivity index (χ2v) is 4.61. The minimum Gasteiger partial charge on any atom is -0.493 e. The van der Waals surface area contributed by atoms with Crippen LogP contribution in [0.5, 0.6) is 5.75 Å². The Kier molecular flexibility index (Phi) is 3.26. The Labute approximate surface area is 95.0 Å². The molecule has 4 heteroatoms. The fraction of sp³-hybridized carbons (Fsp3) is 0.500. The Morgan fingerprint density at radius 2 is 1.88 bits per heavy atom. The smallest absolute Gasteiger partial charge is 0.165 e. The lowest BCUT2D eigenvalue weighted by atomic mass is 9.79. The SMILES string of the molecule is COc1c(F)cccc1C(C)(O)C(C)(C)N. The van der Waals surface area contributed by atoms with Crippen LogP contribution in [0.25, 0.3) is 0 Å². The number of nitrogens with two attached hydrogens (primary N) is 1. The van der Waals surface area contributed by atoms with E-state index < -0.39 is 17.0 Å². The first-order valence-electron chi connectivity index (χ1n) is 5.06. The van der Waals surface area contributed by atoms with Crippen molar-refractivity contribution in [2.24, 2.45) is 5.73 Å². The number of para-hydroxylation sites is 1. The van der Waals surface area contributed by atoms with E-state index in [0.29, 0.717) is 5.56 Å². The minimum absolute atomic E-state index is 0.0334. The molecule has 3 N–H and O–H groups in total. The number of hydrogen-bond donors (Lipinski definition) is 2. The molecule has 0 heterocycles. The Bertz CT molecular complexity index is 383. The summed E-state index contributed by atoms with van der Waals surface area (Å²) in [4.78, 5) is 0. The molecule has 0 radical (unpaired) electrons. The molecular formula is C12H18FNO2. The molecule has 0 spiro atoms. The molecule has 0 amide bonds. The lowest BCUT2D eigenvalue weighted by Crippen LogP contribution is -2.52. The van der Waals surface area contributed by atoms with Gasteiger partial charge in [0.25, 0.3) is 0 Å². The molecule has 1 unspecified atom stereocenters. The summed E-state index contributed by atoms with van der Waals surface area (Å²) in [7, 11) is 1.36. The zero-order valence-electron chi connectivity index (χ0n) is 10.0. The topological polar surface area (TPSA) is 55.5 Å². The first kappa shape index (κ1) is 12.9. The predicted molar refractivity (Wildman–Crippen MR) is 60.8 cm³/mol. The highest BCUT2D eigenvalue weighted by Crippen LogP contribution is 2.37. The Morgan fingerprint density at radius 3 is 2.31 bits per heavy atom. The summed E-state index contributed by atoms with van der Waals surface area (Å²) < 4.78 is 18.5. The van der Waals surface area contributed by atoms with Crippen molar-refractivity contribution >= 4 is 0 Å². The van der Waals surface area contributed by atoms with E-state index in [9.17, 15) is 9.50 Å². The van der Waals surface area contributed by atoms with E-state index in [2.05, 4.69) is 0 Å².